The fourth-order valence-corrected chi connectivity index (χ4v) is 2.16. The van der Waals surface area contributed by atoms with Crippen molar-refractivity contribution in [3.63, 3.8) is 0 Å². The number of nitrogens with zero attached hydrogens (tertiary/aromatic N) is 3. The summed E-state index contributed by atoms with van der Waals surface area (Å²) in [5.41, 5.74) is 0.804. The summed E-state index contributed by atoms with van der Waals surface area (Å²) in [6.07, 6.45) is 0. The third-order valence-electron chi connectivity index (χ3n) is 2.92. The Hall–Kier alpha value is -1.73. The molecule has 0 bridgehead atoms. The van der Waals surface area contributed by atoms with E-state index in [0.717, 1.165) is 37.7 Å². The lowest BCUT2D eigenvalue weighted by Gasteiger charge is -2.28. The highest BCUT2D eigenvalue weighted by Gasteiger charge is 2.12. The van der Waals surface area contributed by atoms with E-state index in [2.05, 4.69) is 30.4 Å². The Morgan fingerprint density at radius 1 is 1.22 bits per heavy atom. The first kappa shape index (κ1) is 11.4. The minimum Gasteiger partial charge on any atom is -0.354 e. The van der Waals surface area contributed by atoms with E-state index in [1.807, 2.05) is 18.2 Å². The summed E-state index contributed by atoms with van der Waals surface area (Å²) in [7, 11) is 0. The van der Waals surface area contributed by atoms with Crippen molar-refractivity contribution < 1.29 is 0 Å². The standard InChI is InChI=1S/C11H14N6S/c18-11-14-10(15-16-11)8-2-1-3-9(13-8)17-6-4-12-5-7-17/h1-3,12H,4-7H2,(H2,14,15,16,18). The van der Waals surface area contributed by atoms with Gasteiger partial charge in [-0.1, -0.05) is 6.07 Å². The summed E-state index contributed by atoms with van der Waals surface area (Å²) in [5, 5.41) is 10.1. The van der Waals surface area contributed by atoms with Gasteiger partial charge in [-0.25, -0.2) is 4.98 Å². The van der Waals surface area contributed by atoms with Gasteiger partial charge in [-0.3, -0.25) is 5.10 Å². The van der Waals surface area contributed by atoms with Gasteiger partial charge in [0.15, 0.2) is 10.6 Å². The number of piperazine rings is 1. The maximum Gasteiger partial charge on any atom is 0.192 e. The minimum atomic E-state index is 0.513. The molecule has 0 spiro atoms. The van der Waals surface area contributed by atoms with E-state index in [1.54, 1.807) is 0 Å². The second-order valence-electron chi connectivity index (χ2n) is 4.14. The molecular formula is C11H14N6S. The predicted molar refractivity (Wildman–Crippen MR) is 72.1 cm³/mol. The molecule has 94 valence electrons. The highest BCUT2D eigenvalue weighted by atomic mass is 32.1. The Morgan fingerprint density at radius 2 is 2.06 bits per heavy atom. The molecule has 3 rings (SSSR count). The maximum atomic E-state index is 4.97. The van der Waals surface area contributed by atoms with E-state index in [9.17, 15) is 0 Å². The van der Waals surface area contributed by atoms with E-state index in [1.165, 1.54) is 0 Å². The molecule has 0 saturated carbocycles. The molecule has 0 aromatic carbocycles. The van der Waals surface area contributed by atoms with Crippen LogP contribution in [0.15, 0.2) is 18.2 Å². The number of hydrogen-bond acceptors (Lipinski definition) is 5. The third-order valence-corrected chi connectivity index (χ3v) is 3.11. The van der Waals surface area contributed by atoms with Crippen LogP contribution in [0.25, 0.3) is 11.5 Å². The lowest BCUT2D eigenvalue weighted by atomic mass is 10.3. The highest BCUT2D eigenvalue weighted by molar-refractivity contribution is 7.71. The molecule has 2 aromatic rings. The van der Waals surface area contributed by atoms with Gasteiger partial charge in [-0.2, -0.15) is 5.10 Å². The number of aromatic nitrogens is 4. The van der Waals surface area contributed by atoms with Crippen LogP contribution in [-0.2, 0) is 0 Å². The Morgan fingerprint density at radius 3 is 2.78 bits per heavy atom. The van der Waals surface area contributed by atoms with Crippen molar-refractivity contribution in [3.05, 3.63) is 23.0 Å². The number of anilines is 1. The normalized spacial score (nSPS) is 15.9. The highest BCUT2D eigenvalue weighted by Crippen LogP contribution is 2.17. The van der Waals surface area contributed by atoms with Crippen molar-refractivity contribution in [2.24, 2.45) is 0 Å². The van der Waals surface area contributed by atoms with Crippen LogP contribution in [0.1, 0.15) is 0 Å². The van der Waals surface area contributed by atoms with Crippen molar-refractivity contribution in [2.75, 3.05) is 31.1 Å². The lowest BCUT2D eigenvalue weighted by Crippen LogP contribution is -2.43. The molecule has 0 radical (unpaired) electrons. The van der Waals surface area contributed by atoms with E-state index in [0.29, 0.717) is 10.6 Å². The molecule has 18 heavy (non-hydrogen) atoms. The predicted octanol–water partition coefficient (Wildman–Crippen LogP) is 0.939. The van der Waals surface area contributed by atoms with Gasteiger partial charge in [-0.15, -0.1) is 0 Å². The number of hydrogen-bond donors (Lipinski definition) is 3. The van der Waals surface area contributed by atoms with E-state index >= 15 is 0 Å². The van der Waals surface area contributed by atoms with Crippen LogP contribution in [0.5, 0.6) is 0 Å². The SMILES string of the molecule is S=c1[nH]nc(-c2cccc(N3CCNCC3)n2)[nH]1. The topological polar surface area (TPSA) is 72.6 Å². The zero-order chi connectivity index (χ0) is 12.4. The van der Waals surface area contributed by atoms with Crippen molar-refractivity contribution in [2.45, 2.75) is 0 Å². The van der Waals surface area contributed by atoms with Crippen LogP contribution >= 0.6 is 12.2 Å². The zero-order valence-electron chi connectivity index (χ0n) is 9.81. The largest absolute Gasteiger partial charge is 0.354 e. The van der Waals surface area contributed by atoms with Crippen molar-refractivity contribution in [1.29, 1.82) is 0 Å². The molecular weight excluding hydrogens is 248 g/mol. The number of aromatic amines is 2. The summed E-state index contributed by atoms with van der Waals surface area (Å²) in [4.78, 5) is 9.86. The van der Waals surface area contributed by atoms with Crippen molar-refractivity contribution in [1.82, 2.24) is 25.5 Å². The van der Waals surface area contributed by atoms with Crippen LogP contribution in [0.2, 0.25) is 0 Å². The molecule has 0 unspecified atom stereocenters. The number of rotatable bonds is 2. The monoisotopic (exact) mass is 262 g/mol. The van der Waals surface area contributed by atoms with E-state index in [-0.39, 0.29) is 0 Å². The molecule has 7 heteroatoms. The van der Waals surface area contributed by atoms with E-state index in [4.69, 9.17) is 12.2 Å². The summed E-state index contributed by atoms with van der Waals surface area (Å²) < 4.78 is 0.513. The van der Waals surface area contributed by atoms with Crippen LogP contribution in [0.3, 0.4) is 0 Å². The first-order valence-electron chi connectivity index (χ1n) is 5.91. The number of pyridine rings is 1. The molecule has 3 N–H and O–H groups in total. The average molecular weight is 262 g/mol. The molecule has 1 saturated heterocycles. The van der Waals surface area contributed by atoms with E-state index < -0.39 is 0 Å². The summed E-state index contributed by atoms with van der Waals surface area (Å²) in [5.74, 6) is 1.66. The molecule has 0 atom stereocenters. The summed E-state index contributed by atoms with van der Waals surface area (Å²) in [6.45, 7) is 3.95. The molecule has 0 amide bonds. The second-order valence-corrected chi connectivity index (χ2v) is 4.55. The zero-order valence-corrected chi connectivity index (χ0v) is 10.6. The average Bonchev–Trinajstić information content (AvgIpc) is 2.87. The number of nitrogens with one attached hydrogen (secondary N) is 3. The van der Waals surface area contributed by atoms with Crippen LogP contribution in [-0.4, -0.2) is 46.3 Å². The molecule has 0 aliphatic carbocycles. The first-order chi connectivity index (χ1) is 8.83. The summed E-state index contributed by atoms with van der Waals surface area (Å²) in [6, 6.07) is 5.94. The smallest absolute Gasteiger partial charge is 0.192 e. The van der Waals surface area contributed by atoms with Gasteiger partial charge in [0.25, 0.3) is 0 Å². The molecule has 1 aliphatic heterocycles. The van der Waals surface area contributed by atoms with Crippen LogP contribution < -0.4 is 10.2 Å². The van der Waals surface area contributed by atoms with Crippen LogP contribution in [0, 0.1) is 4.77 Å². The van der Waals surface area contributed by atoms with Gasteiger partial charge in [0, 0.05) is 26.2 Å². The fraction of sp³-hybridized carbons (Fsp3) is 0.364. The Kier molecular flexibility index (Phi) is 3.07. The van der Waals surface area contributed by atoms with Gasteiger partial charge in [0.05, 0.1) is 0 Å². The first-order valence-corrected chi connectivity index (χ1v) is 6.31. The molecule has 6 nitrogen and oxygen atoms in total. The van der Waals surface area contributed by atoms with Crippen molar-refractivity contribution in [3.8, 4) is 11.5 Å². The number of H-pyrrole nitrogens is 2. The Bertz CT molecular complexity index is 583. The van der Waals surface area contributed by atoms with Crippen molar-refractivity contribution >= 4 is 18.0 Å². The van der Waals surface area contributed by atoms with Gasteiger partial charge < -0.3 is 15.2 Å². The Labute approximate surface area is 109 Å². The maximum absolute atomic E-state index is 4.97. The quantitative estimate of drug-likeness (QED) is 0.703. The fourth-order valence-electron chi connectivity index (χ4n) is 2.02. The van der Waals surface area contributed by atoms with Gasteiger partial charge in [-0.05, 0) is 24.4 Å². The second kappa shape index (κ2) is 4.87. The molecule has 2 aromatic heterocycles. The van der Waals surface area contributed by atoms with Gasteiger partial charge in [0.2, 0.25) is 0 Å². The molecule has 3 heterocycles. The van der Waals surface area contributed by atoms with Crippen LogP contribution in [0.4, 0.5) is 5.82 Å². The summed E-state index contributed by atoms with van der Waals surface area (Å²) >= 11 is 4.97. The Balaban J connectivity index is 1.91. The lowest BCUT2D eigenvalue weighted by molar-refractivity contribution is 0.585. The minimum absolute atomic E-state index is 0.513. The third kappa shape index (κ3) is 2.27. The van der Waals surface area contributed by atoms with Gasteiger partial charge in [0.1, 0.15) is 11.5 Å². The van der Waals surface area contributed by atoms with Gasteiger partial charge >= 0.3 is 0 Å². The molecule has 1 fully saturated rings. The molecule has 1 aliphatic rings.